The number of aryl methyl sites for hydroxylation is 1. The standard InChI is InChI=1S/C26H24FN9O/c1-26(2)19-21(29-13-16-10-12-30-35(16)3)31-23(32-22(19)33-25(26)37)20-17-8-6-11-28-24(17)36(34-20)14-15-7-4-5-9-18(15)27/h4-12H,13-14H2,1-3H3,(H2,29,31,32,33,37). The van der Waals surface area contributed by atoms with Gasteiger partial charge in [-0.1, -0.05) is 18.2 Å². The van der Waals surface area contributed by atoms with E-state index < -0.39 is 5.41 Å². The number of nitrogens with one attached hydrogen (secondary N) is 2. The first kappa shape index (κ1) is 22.8. The van der Waals surface area contributed by atoms with Gasteiger partial charge in [0.1, 0.15) is 23.1 Å². The number of pyridine rings is 1. The van der Waals surface area contributed by atoms with Gasteiger partial charge in [-0.25, -0.2) is 24.0 Å². The SMILES string of the molecule is Cn1nccc1CNc1nc(-c2nn(Cc3ccccc3F)c3ncccc23)nc2c1C(C)(C)C(=O)N2. The third-order valence-electron chi connectivity index (χ3n) is 6.69. The molecule has 186 valence electrons. The van der Waals surface area contributed by atoms with Crippen LogP contribution in [0.1, 0.15) is 30.7 Å². The molecule has 0 bridgehead atoms. The zero-order valence-electron chi connectivity index (χ0n) is 20.5. The summed E-state index contributed by atoms with van der Waals surface area (Å²) in [6.45, 7) is 4.33. The maximum Gasteiger partial charge on any atom is 0.235 e. The molecule has 0 saturated heterocycles. The summed E-state index contributed by atoms with van der Waals surface area (Å²) in [6, 6.07) is 12.2. The Morgan fingerprint density at radius 2 is 1.92 bits per heavy atom. The van der Waals surface area contributed by atoms with Crippen LogP contribution in [0.3, 0.4) is 0 Å². The zero-order chi connectivity index (χ0) is 25.7. The number of halogens is 1. The zero-order valence-corrected chi connectivity index (χ0v) is 20.5. The second-order valence-electron chi connectivity index (χ2n) is 9.47. The Morgan fingerprint density at radius 3 is 2.70 bits per heavy atom. The molecule has 5 heterocycles. The summed E-state index contributed by atoms with van der Waals surface area (Å²) in [7, 11) is 1.86. The molecule has 0 spiro atoms. The van der Waals surface area contributed by atoms with Crippen LogP contribution in [-0.4, -0.2) is 40.4 Å². The normalized spacial score (nSPS) is 14.1. The van der Waals surface area contributed by atoms with Gasteiger partial charge in [0.2, 0.25) is 5.91 Å². The van der Waals surface area contributed by atoms with E-state index in [1.54, 1.807) is 46.0 Å². The molecule has 5 aromatic rings. The van der Waals surface area contributed by atoms with E-state index in [9.17, 15) is 9.18 Å². The van der Waals surface area contributed by atoms with Crippen LogP contribution in [0.25, 0.3) is 22.6 Å². The topological polar surface area (TPSA) is 115 Å². The van der Waals surface area contributed by atoms with E-state index in [2.05, 4.69) is 20.7 Å². The molecule has 6 rings (SSSR count). The number of carbonyl (C=O) groups is 1. The average Bonchev–Trinajstić information content (AvgIpc) is 3.53. The summed E-state index contributed by atoms with van der Waals surface area (Å²) in [6.07, 6.45) is 3.39. The van der Waals surface area contributed by atoms with Gasteiger partial charge < -0.3 is 10.6 Å². The van der Waals surface area contributed by atoms with Crippen LogP contribution in [0.2, 0.25) is 0 Å². The number of benzene rings is 1. The molecule has 0 aliphatic carbocycles. The highest BCUT2D eigenvalue weighted by atomic mass is 19.1. The second kappa shape index (κ2) is 8.47. The van der Waals surface area contributed by atoms with Gasteiger partial charge in [0, 0.05) is 25.0 Å². The highest BCUT2D eigenvalue weighted by molar-refractivity contribution is 6.06. The molecule has 4 aromatic heterocycles. The van der Waals surface area contributed by atoms with Crippen molar-refractivity contribution in [2.75, 3.05) is 10.6 Å². The van der Waals surface area contributed by atoms with Gasteiger partial charge in [-0.15, -0.1) is 0 Å². The maximum absolute atomic E-state index is 14.4. The van der Waals surface area contributed by atoms with Gasteiger partial charge in [0.15, 0.2) is 11.5 Å². The van der Waals surface area contributed by atoms with Crippen LogP contribution >= 0.6 is 0 Å². The number of anilines is 2. The van der Waals surface area contributed by atoms with Crippen LogP contribution < -0.4 is 10.6 Å². The van der Waals surface area contributed by atoms with Gasteiger partial charge >= 0.3 is 0 Å². The van der Waals surface area contributed by atoms with E-state index in [1.165, 1.54) is 6.07 Å². The Kier molecular flexibility index (Phi) is 5.21. The van der Waals surface area contributed by atoms with Crippen molar-refractivity contribution in [2.24, 2.45) is 7.05 Å². The highest BCUT2D eigenvalue weighted by Crippen LogP contribution is 2.42. The monoisotopic (exact) mass is 497 g/mol. The summed E-state index contributed by atoms with van der Waals surface area (Å²) in [5.74, 6) is 0.825. The van der Waals surface area contributed by atoms with Crippen LogP contribution in [0, 0.1) is 5.82 Å². The molecular weight excluding hydrogens is 473 g/mol. The summed E-state index contributed by atoms with van der Waals surface area (Å²) in [5.41, 5.74) is 2.38. The fourth-order valence-corrected chi connectivity index (χ4v) is 4.58. The number of fused-ring (bicyclic) bond motifs is 2. The molecule has 0 saturated carbocycles. The number of amides is 1. The molecule has 1 amide bonds. The summed E-state index contributed by atoms with van der Waals surface area (Å²) >= 11 is 0. The van der Waals surface area contributed by atoms with Crippen LogP contribution in [-0.2, 0) is 30.3 Å². The van der Waals surface area contributed by atoms with Gasteiger partial charge in [-0.05, 0) is 38.1 Å². The molecule has 0 radical (unpaired) electrons. The Morgan fingerprint density at radius 1 is 1.08 bits per heavy atom. The molecule has 10 nitrogen and oxygen atoms in total. The quantitative estimate of drug-likeness (QED) is 0.368. The minimum Gasteiger partial charge on any atom is -0.364 e. The van der Waals surface area contributed by atoms with Crippen molar-refractivity contribution in [3.63, 3.8) is 0 Å². The first-order valence-corrected chi connectivity index (χ1v) is 11.8. The fraction of sp³-hybridized carbons (Fsp3) is 0.231. The molecule has 0 atom stereocenters. The average molecular weight is 498 g/mol. The number of hydrogen-bond donors (Lipinski definition) is 2. The molecule has 1 aliphatic rings. The first-order valence-electron chi connectivity index (χ1n) is 11.8. The third kappa shape index (κ3) is 3.79. The van der Waals surface area contributed by atoms with Gasteiger partial charge in [-0.3, -0.25) is 9.48 Å². The number of rotatable bonds is 6. The lowest BCUT2D eigenvalue weighted by molar-refractivity contribution is -0.119. The van der Waals surface area contributed by atoms with Crippen LogP contribution in [0.4, 0.5) is 16.0 Å². The molecule has 11 heteroatoms. The largest absolute Gasteiger partial charge is 0.364 e. The molecular formula is C26H24FN9O. The molecule has 0 fully saturated rings. The van der Waals surface area contributed by atoms with Crippen molar-refractivity contribution >= 4 is 28.6 Å². The molecule has 37 heavy (non-hydrogen) atoms. The predicted molar refractivity (Wildman–Crippen MR) is 136 cm³/mol. The van der Waals surface area contributed by atoms with Crippen molar-refractivity contribution in [3.8, 4) is 11.5 Å². The van der Waals surface area contributed by atoms with Crippen LogP contribution in [0.5, 0.6) is 0 Å². The smallest absolute Gasteiger partial charge is 0.235 e. The summed E-state index contributed by atoms with van der Waals surface area (Å²) in [4.78, 5) is 26.8. The van der Waals surface area contributed by atoms with Crippen LogP contribution in [0.15, 0.2) is 54.9 Å². The highest BCUT2D eigenvalue weighted by Gasteiger charge is 2.43. The lowest BCUT2D eigenvalue weighted by atomic mass is 9.87. The summed E-state index contributed by atoms with van der Waals surface area (Å²) in [5, 5.41) is 16.0. The van der Waals surface area contributed by atoms with Crippen molar-refractivity contribution < 1.29 is 9.18 Å². The summed E-state index contributed by atoms with van der Waals surface area (Å²) < 4.78 is 17.8. The van der Waals surface area contributed by atoms with Gasteiger partial charge in [-0.2, -0.15) is 10.2 Å². The van der Waals surface area contributed by atoms with Crippen molar-refractivity contribution in [1.82, 2.24) is 34.5 Å². The van der Waals surface area contributed by atoms with E-state index in [-0.39, 0.29) is 18.3 Å². The number of carbonyl (C=O) groups excluding carboxylic acids is 1. The second-order valence-corrected chi connectivity index (χ2v) is 9.47. The number of aromatic nitrogens is 7. The Bertz CT molecular complexity index is 1670. The minimum atomic E-state index is -0.823. The van der Waals surface area contributed by atoms with Crippen molar-refractivity contribution in [3.05, 3.63) is 77.5 Å². The van der Waals surface area contributed by atoms with Crippen molar-refractivity contribution in [1.29, 1.82) is 0 Å². The third-order valence-corrected chi connectivity index (χ3v) is 6.69. The number of nitrogens with zero attached hydrogens (tertiary/aromatic N) is 7. The predicted octanol–water partition coefficient (Wildman–Crippen LogP) is 3.65. The van der Waals surface area contributed by atoms with Gasteiger partial charge in [0.05, 0.1) is 35.1 Å². The molecule has 1 aromatic carbocycles. The lowest BCUT2D eigenvalue weighted by Gasteiger charge is -2.19. The fourth-order valence-electron chi connectivity index (χ4n) is 4.58. The van der Waals surface area contributed by atoms with Gasteiger partial charge in [0.25, 0.3) is 0 Å². The van der Waals surface area contributed by atoms with E-state index in [1.807, 2.05) is 33.0 Å². The number of hydrogen-bond acceptors (Lipinski definition) is 7. The van der Waals surface area contributed by atoms with Crippen molar-refractivity contribution in [2.45, 2.75) is 32.4 Å². The Labute approximate surface area is 211 Å². The Hall–Kier alpha value is -4.67. The van der Waals surface area contributed by atoms with E-state index in [4.69, 9.17) is 15.1 Å². The maximum atomic E-state index is 14.4. The molecule has 0 unspecified atom stereocenters. The van der Waals surface area contributed by atoms with E-state index in [0.29, 0.717) is 46.5 Å². The minimum absolute atomic E-state index is 0.158. The molecule has 2 N–H and O–H groups in total. The van der Waals surface area contributed by atoms with E-state index in [0.717, 1.165) is 11.1 Å². The van der Waals surface area contributed by atoms with E-state index >= 15 is 0 Å². The molecule has 1 aliphatic heterocycles. The first-order chi connectivity index (χ1) is 17.8. The Balaban J connectivity index is 1.48. The lowest BCUT2D eigenvalue weighted by Crippen LogP contribution is -2.28.